The maximum absolute atomic E-state index is 4.35. The number of benzene rings is 4. The molecule has 2 heteroatoms. The molecule has 0 bridgehead atoms. The first-order valence-corrected chi connectivity index (χ1v) is 10.2. The molecular weight excluding hydrogens is 364 g/mol. The summed E-state index contributed by atoms with van der Waals surface area (Å²) in [5, 5.41) is 0. The molecule has 0 saturated heterocycles. The lowest BCUT2D eigenvalue weighted by Gasteiger charge is -2.07. The molecule has 4 rings (SSSR count). The highest BCUT2D eigenvalue weighted by Gasteiger charge is 2.02. The molecule has 0 N–H and O–H groups in total. The Balaban J connectivity index is 1.50. The first-order chi connectivity index (χ1) is 13.2. The monoisotopic (exact) mass is 384 g/mol. The Hall–Kier alpha value is -2.42. The molecule has 4 aromatic carbocycles. The van der Waals surface area contributed by atoms with Gasteiger partial charge in [-0.25, -0.2) is 0 Å². The van der Waals surface area contributed by atoms with Gasteiger partial charge in [0.2, 0.25) is 0 Å². The normalized spacial score (nSPS) is 10.7. The maximum atomic E-state index is 4.35. The molecule has 0 aromatic heterocycles. The highest BCUT2D eigenvalue weighted by atomic mass is 32.2. The molecule has 132 valence electrons. The molecule has 0 aliphatic rings. The molecule has 27 heavy (non-hydrogen) atoms. The van der Waals surface area contributed by atoms with Gasteiger partial charge >= 0.3 is 0 Å². The summed E-state index contributed by atoms with van der Waals surface area (Å²) in [6, 6.07) is 34.4. The second-order valence-corrected chi connectivity index (χ2v) is 8.23. The predicted molar refractivity (Wildman–Crippen MR) is 120 cm³/mol. The zero-order chi connectivity index (χ0) is 18.6. The average Bonchev–Trinajstić information content (AvgIpc) is 2.71. The summed E-state index contributed by atoms with van der Waals surface area (Å²) in [5.74, 6) is 0. The van der Waals surface area contributed by atoms with Gasteiger partial charge in [0.1, 0.15) is 0 Å². The van der Waals surface area contributed by atoms with E-state index in [1.54, 1.807) is 11.8 Å². The second kappa shape index (κ2) is 8.08. The van der Waals surface area contributed by atoms with Gasteiger partial charge in [-0.2, -0.15) is 0 Å². The standard InChI is InChI=1S/C25H20S2/c1-18-2-14-24(15-3-18)27-25-16-10-22(11-17-25)20-6-4-19(5-7-20)21-8-12-23(26)13-9-21/h2-17,26H,1H3. The third-order valence-electron chi connectivity index (χ3n) is 4.53. The van der Waals surface area contributed by atoms with E-state index in [0.717, 1.165) is 4.90 Å². The van der Waals surface area contributed by atoms with E-state index in [1.165, 1.54) is 37.6 Å². The van der Waals surface area contributed by atoms with Gasteiger partial charge in [0.05, 0.1) is 0 Å². The number of hydrogen-bond acceptors (Lipinski definition) is 2. The van der Waals surface area contributed by atoms with Crippen LogP contribution in [0.2, 0.25) is 0 Å². The van der Waals surface area contributed by atoms with Crippen LogP contribution in [0.15, 0.2) is 112 Å². The minimum absolute atomic E-state index is 0.985. The number of aryl methyl sites for hydroxylation is 1. The largest absolute Gasteiger partial charge is 0.143 e. The molecule has 0 amide bonds. The Morgan fingerprint density at radius 3 is 1.26 bits per heavy atom. The Morgan fingerprint density at radius 1 is 0.481 bits per heavy atom. The zero-order valence-corrected chi connectivity index (χ0v) is 16.8. The van der Waals surface area contributed by atoms with Crippen LogP contribution >= 0.6 is 24.4 Å². The predicted octanol–water partition coefficient (Wildman–Crippen LogP) is 7.77. The molecule has 0 radical (unpaired) electrons. The zero-order valence-electron chi connectivity index (χ0n) is 15.1. The van der Waals surface area contributed by atoms with Crippen LogP contribution < -0.4 is 0 Å². The van der Waals surface area contributed by atoms with Gasteiger partial charge in [0, 0.05) is 14.7 Å². The lowest BCUT2D eigenvalue weighted by atomic mass is 10.0. The van der Waals surface area contributed by atoms with Gasteiger partial charge in [0.15, 0.2) is 0 Å². The quantitative estimate of drug-likeness (QED) is 0.351. The summed E-state index contributed by atoms with van der Waals surface area (Å²) in [5.41, 5.74) is 6.19. The second-order valence-electron chi connectivity index (χ2n) is 6.56. The van der Waals surface area contributed by atoms with Crippen molar-refractivity contribution in [3.05, 3.63) is 103 Å². The Bertz CT molecular complexity index is 1010. The van der Waals surface area contributed by atoms with E-state index in [2.05, 4.69) is 104 Å². The molecule has 0 aliphatic carbocycles. The van der Waals surface area contributed by atoms with Crippen LogP contribution in [0.4, 0.5) is 0 Å². The van der Waals surface area contributed by atoms with Crippen LogP contribution in [-0.4, -0.2) is 0 Å². The summed E-state index contributed by atoms with van der Waals surface area (Å²) >= 11 is 6.15. The maximum Gasteiger partial charge on any atom is 0.0122 e. The summed E-state index contributed by atoms with van der Waals surface area (Å²) in [7, 11) is 0. The number of hydrogen-bond donors (Lipinski definition) is 1. The van der Waals surface area contributed by atoms with Crippen LogP contribution in [0.5, 0.6) is 0 Å². The summed E-state index contributed by atoms with van der Waals surface area (Å²) in [4.78, 5) is 3.51. The third-order valence-corrected chi connectivity index (χ3v) is 5.84. The molecule has 0 unspecified atom stereocenters. The van der Waals surface area contributed by atoms with Crippen molar-refractivity contribution in [3.63, 3.8) is 0 Å². The molecular formula is C25H20S2. The highest BCUT2D eigenvalue weighted by Crippen LogP contribution is 2.31. The average molecular weight is 385 g/mol. The fourth-order valence-electron chi connectivity index (χ4n) is 2.97. The van der Waals surface area contributed by atoms with E-state index in [9.17, 15) is 0 Å². The van der Waals surface area contributed by atoms with E-state index in [1.807, 2.05) is 12.1 Å². The van der Waals surface area contributed by atoms with Crippen LogP contribution in [0.3, 0.4) is 0 Å². The van der Waals surface area contributed by atoms with E-state index in [4.69, 9.17) is 0 Å². The van der Waals surface area contributed by atoms with E-state index >= 15 is 0 Å². The summed E-state index contributed by atoms with van der Waals surface area (Å²) in [6.45, 7) is 2.12. The van der Waals surface area contributed by atoms with Gasteiger partial charge < -0.3 is 0 Å². The SMILES string of the molecule is Cc1ccc(Sc2ccc(-c3ccc(-c4ccc(S)cc4)cc3)cc2)cc1. The molecule has 0 fully saturated rings. The molecule has 0 spiro atoms. The van der Waals surface area contributed by atoms with Crippen molar-refractivity contribution in [1.29, 1.82) is 0 Å². The Morgan fingerprint density at radius 2 is 0.815 bits per heavy atom. The van der Waals surface area contributed by atoms with E-state index in [0.29, 0.717) is 0 Å². The lowest BCUT2D eigenvalue weighted by Crippen LogP contribution is -1.81. The molecule has 0 saturated carbocycles. The van der Waals surface area contributed by atoms with Crippen molar-refractivity contribution in [2.75, 3.05) is 0 Å². The first-order valence-electron chi connectivity index (χ1n) is 8.92. The van der Waals surface area contributed by atoms with Crippen molar-refractivity contribution < 1.29 is 0 Å². The van der Waals surface area contributed by atoms with Crippen LogP contribution in [0.25, 0.3) is 22.3 Å². The number of rotatable bonds is 4. The third kappa shape index (κ3) is 4.47. The smallest absolute Gasteiger partial charge is 0.0122 e. The van der Waals surface area contributed by atoms with Crippen molar-refractivity contribution >= 4 is 24.4 Å². The Labute approximate surface area is 170 Å². The fraction of sp³-hybridized carbons (Fsp3) is 0.0400. The minimum atomic E-state index is 0.985. The summed E-state index contributed by atoms with van der Waals surface area (Å²) in [6.07, 6.45) is 0. The Kier molecular flexibility index (Phi) is 5.38. The summed E-state index contributed by atoms with van der Waals surface area (Å²) < 4.78 is 0. The number of thiol groups is 1. The van der Waals surface area contributed by atoms with Gasteiger partial charge in [-0.1, -0.05) is 78.0 Å². The van der Waals surface area contributed by atoms with Crippen molar-refractivity contribution in [2.45, 2.75) is 21.6 Å². The molecule has 4 aromatic rings. The van der Waals surface area contributed by atoms with Gasteiger partial charge in [-0.3, -0.25) is 0 Å². The van der Waals surface area contributed by atoms with Crippen LogP contribution in [0, 0.1) is 6.92 Å². The first kappa shape index (κ1) is 18.0. The fourth-order valence-corrected chi connectivity index (χ4v) is 3.93. The molecule has 0 nitrogen and oxygen atoms in total. The van der Waals surface area contributed by atoms with Gasteiger partial charge in [0.25, 0.3) is 0 Å². The minimum Gasteiger partial charge on any atom is -0.143 e. The molecule has 0 atom stereocenters. The van der Waals surface area contributed by atoms with E-state index in [-0.39, 0.29) is 0 Å². The highest BCUT2D eigenvalue weighted by molar-refractivity contribution is 7.99. The van der Waals surface area contributed by atoms with Crippen LogP contribution in [-0.2, 0) is 0 Å². The molecule has 0 heterocycles. The van der Waals surface area contributed by atoms with Crippen LogP contribution in [0.1, 0.15) is 5.56 Å². The van der Waals surface area contributed by atoms with Gasteiger partial charge in [-0.15, -0.1) is 12.6 Å². The molecule has 0 aliphatic heterocycles. The van der Waals surface area contributed by atoms with Crippen molar-refractivity contribution in [2.24, 2.45) is 0 Å². The van der Waals surface area contributed by atoms with Crippen molar-refractivity contribution in [3.8, 4) is 22.3 Å². The lowest BCUT2D eigenvalue weighted by molar-refractivity contribution is 1.36. The van der Waals surface area contributed by atoms with Crippen molar-refractivity contribution in [1.82, 2.24) is 0 Å². The van der Waals surface area contributed by atoms with E-state index < -0.39 is 0 Å². The topological polar surface area (TPSA) is 0 Å². The van der Waals surface area contributed by atoms with Gasteiger partial charge in [-0.05, 0) is 65.6 Å².